The van der Waals surface area contributed by atoms with Crippen LogP contribution in [0.15, 0.2) is 0 Å². The quantitative estimate of drug-likeness (QED) is 0.743. The summed E-state index contributed by atoms with van der Waals surface area (Å²) in [4.78, 5) is 28.4. The molecule has 0 saturated carbocycles. The van der Waals surface area contributed by atoms with Crippen LogP contribution in [0.25, 0.3) is 0 Å². The van der Waals surface area contributed by atoms with Crippen molar-refractivity contribution in [1.82, 2.24) is 20.3 Å². The summed E-state index contributed by atoms with van der Waals surface area (Å²) >= 11 is 0. The van der Waals surface area contributed by atoms with E-state index < -0.39 is 0 Å². The predicted molar refractivity (Wildman–Crippen MR) is 75.5 cm³/mol. The molecule has 2 saturated heterocycles. The molecule has 2 fully saturated rings. The highest BCUT2D eigenvalue weighted by molar-refractivity contribution is 5.77. The zero-order valence-electron chi connectivity index (χ0n) is 11.4. The lowest BCUT2D eigenvalue weighted by molar-refractivity contribution is -0.120. The molecule has 0 radical (unpaired) electrons. The van der Waals surface area contributed by atoms with Crippen molar-refractivity contribution >= 4 is 23.8 Å². The summed E-state index contributed by atoms with van der Waals surface area (Å²) in [5.74, 6) is 1.51. The standard InChI is InChI=1S/C12H19N7O/c13-10-15-11(18-5-1-2-6-18)17-12(16-10)19-7-3-9(20)14-4-8-19/h1-8H2,(H,14,20)(H2,13,15,16,17). The van der Waals surface area contributed by atoms with Crippen molar-refractivity contribution in [3.05, 3.63) is 0 Å². The third-order valence-corrected chi connectivity index (χ3v) is 3.61. The number of hydrogen-bond acceptors (Lipinski definition) is 7. The average molecular weight is 277 g/mol. The molecule has 8 nitrogen and oxygen atoms in total. The van der Waals surface area contributed by atoms with Crippen LogP contribution in [0.5, 0.6) is 0 Å². The molecule has 2 aliphatic heterocycles. The maximum Gasteiger partial charge on any atom is 0.232 e. The van der Waals surface area contributed by atoms with E-state index in [1.165, 1.54) is 0 Å². The Morgan fingerprint density at radius 3 is 2.30 bits per heavy atom. The van der Waals surface area contributed by atoms with Gasteiger partial charge in [-0.05, 0) is 12.8 Å². The third-order valence-electron chi connectivity index (χ3n) is 3.61. The van der Waals surface area contributed by atoms with Gasteiger partial charge in [-0.1, -0.05) is 0 Å². The van der Waals surface area contributed by atoms with Gasteiger partial charge in [0.15, 0.2) is 0 Å². The van der Waals surface area contributed by atoms with Gasteiger partial charge in [-0.25, -0.2) is 0 Å². The highest BCUT2D eigenvalue weighted by atomic mass is 16.1. The van der Waals surface area contributed by atoms with E-state index in [-0.39, 0.29) is 11.9 Å². The smallest absolute Gasteiger partial charge is 0.232 e. The van der Waals surface area contributed by atoms with Crippen molar-refractivity contribution in [1.29, 1.82) is 0 Å². The number of anilines is 3. The number of nitrogens with zero attached hydrogens (tertiary/aromatic N) is 5. The van der Waals surface area contributed by atoms with E-state index in [2.05, 4.69) is 25.2 Å². The lowest BCUT2D eigenvalue weighted by Gasteiger charge is -2.22. The van der Waals surface area contributed by atoms with E-state index in [4.69, 9.17) is 5.73 Å². The monoisotopic (exact) mass is 277 g/mol. The Balaban J connectivity index is 1.83. The van der Waals surface area contributed by atoms with Crippen molar-refractivity contribution in [2.45, 2.75) is 19.3 Å². The number of rotatable bonds is 2. The molecule has 108 valence electrons. The van der Waals surface area contributed by atoms with Crippen LogP contribution in [0, 0.1) is 0 Å². The van der Waals surface area contributed by atoms with E-state index in [1.54, 1.807) is 0 Å². The summed E-state index contributed by atoms with van der Waals surface area (Å²) in [7, 11) is 0. The number of nitrogen functional groups attached to an aromatic ring is 1. The Hall–Kier alpha value is -2.12. The lowest BCUT2D eigenvalue weighted by atomic mass is 10.4. The van der Waals surface area contributed by atoms with Crippen molar-refractivity contribution in [3.8, 4) is 0 Å². The zero-order chi connectivity index (χ0) is 13.9. The van der Waals surface area contributed by atoms with Gasteiger partial charge in [0.25, 0.3) is 0 Å². The fraction of sp³-hybridized carbons (Fsp3) is 0.667. The molecule has 0 bridgehead atoms. The van der Waals surface area contributed by atoms with Crippen molar-refractivity contribution in [2.75, 3.05) is 48.3 Å². The van der Waals surface area contributed by atoms with Crippen LogP contribution in [-0.4, -0.2) is 53.6 Å². The summed E-state index contributed by atoms with van der Waals surface area (Å²) in [6.45, 7) is 3.82. The maximum absolute atomic E-state index is 11.4. The largest absolute Gasteiger partial charge is 0.368 e. The minimum Gasteiger partial charge on any atom is -0.368 e. The zero-order valence-corrected chi connectivity index (χ0v) is 11.4. The summed E-state index contributed by atoms with van der Waals surface area (Å²) in [6.07, 6.45) is 2.76. The first-order valence-electron chi connectivity index (χ1n) is 7.00. The summed E-state index contributed by atoms with van der Waals surface area (Å²) < 4.78 is 0. The first-order chi connectivity index (χ1) is 9.72. The number of carbonyl (C=O) groups is 1. The van der Waals surface area contributed by atoms with Crippen LogP contribution in [0.3, 0.4) is 0 Å². The summed E-state index contributed by atoms with van der Waals surface area (Å²) in [5.41, 5.74) is 5.80. The Bertz CT molecular complexity index is 501. The van der Waals surface area contributed by atoms with E-state index in [0.29, 0.717) is 38.0 Å². The molecule has 0 unspecified atom stereocenters. The van der Waals surface area contributed by atoms with Crippen LogP contribution in [0.2, 0.25) is 0 Å². The molecule has 0 atom stereocenters. The van der Waals surface area contributed by atoms with Gasteiger partial charge in [-0.2, -0.15) is 15.0 Å². The average Bonchev–Trinajstić information content (AvgIpc) is 2.88. The van der Waals surface area contributed by atoms with E-state index in [1.807, 2.05) is 4.90 Å². The number of nitrogens with one attached hydrogen (secondary N) is 1. The van der Waals surface area contributed by atoms with Crippen LogP contribution >= 0.6 is 0 Å². The van der Waals surface area contributed by atoms with Gasteiger partial charge >= 0.3 is 0 Å². The minimum absolute atomic E-state index is 0.0642. The van der Waals surface area contributed by atoms with Gasteiger partial charge in [0.2, 0.25) is 23.8 Å². The van der Waals surface area contributed by atoms with Crippen LogP contribution < -0.4 is 20.9 Å². The highest BCUT2D eigenvalue weighted by Gasteiger charge is 2.20. The van der Waals surface area contributed by atoms with Crippen LogP contribution in [-0.2, 0) is 4.79 Å². The van der Waals surface area contributed by atoms with Crippen molar-refractivity contribution in [2.24, 2.45) is 0 Å². The SMILES string of the molecule is Nc1nc(N2CCCC2)nc(N2CCNC(=O)CC2)n1. The van der Waals surface area contributed by atoms with E-state index >= 15 is 0 Å². The molecule has 3 rings (SSSR count). The second-order valence-corrected chi connectivity index (χ2v) is 5.07. The molecule has 20 heavy (non-hydrogen) atoms. The lowest BCUT2D eigenvalue weighted by Crippen LogP contribution is -2.31. The Labute approximate surface area is 117 Å². The number of aromatic nitrogens is 3. The molecule has 1 amide bonds. The number of hydrogen-bond donors (Lipinski definition) is 2. The first-order valence-corrected chi connectivity index (χ1v) is 7.00. The minimum atomic E-state index is 0.0642. The van der Waals surface area contributed by atoms with Gasteiger partial charge in [0, 0.05) is 39.1 Å². The van der Waals surface area contributed by atoms with Gasteiger partial charge < -0.3 is 20.9 Å². The van der Waals surface area contributed by atoms with Gasteiger partial charge in [-0.15, -0.1) is 0 Å². The molecule has 0 spiro atoms. The maximum atomic E-state index is 11.4. The molecule has 1 aromatic rings. The topological polar surface area (TPSA) is 100 Å². The molecule has 2 aliphatic rings. The molecular weight excluding hydrogens is 258 g/mol. The van der Waals surface area contributed by atoms with Crippen molar-refractivity contribution < 1.29 is 4.79 Å². The van der Waals surface area contributed by atoms with Gasteiger partial charge in [0.1, 0.15) is 0 Å². The highest BCUT2D eigenvalue weighted by Crippen LogP contribution is 2.19. The Kier molecular flexibility index (Phi) is 3.53. The van der Waals surface area contributed by atoms with Gasteiger partial charge in [-0.3, -0.25) is 4.79 Å². The third kappa shape index (κ3) is 2.73. The number of carbonyl (C=O) groups excluding carboxylic acids is 1. The second kappa shape index (κ2) is 5.48. The van der Waals surface area contributed by atoms with Crippen molar-refractivity contribution in [3.63, 3.8) is 0 Å². The van der Waals surface area contributed by atoms with Crippen LogP contribution in [0.4, 0.5) is 17.8 Å². The predicted octanol–water partition coefficient (Wildman–Crippen LogP) is -0.620. The molecular formula is C12H19N7O. The molecule has 0 aliphatic carbocycles. The Morgan fingerprint density at radius 2 is 1.60 bits per heavy atom. The molecule has 1 aromatic heterocycles. The summed E-state index contributed by atoms with van der Waals surface area (Å²) in [6, 6.07) is 0. The molecule has 0 aromatic carbocycles. The fourth-order valence-corrected chi connectivity index (χ4v) is 2.54. The number of nitrogens with two attached hydrogens (primary N) is 1. The van der Waals surface area contributed by atoms with Gasteiger partial charge in [0.05, 0.1) is 0 Å². The van der Waals surface area contributed by atoms with E-state index in [9.17, 15) is 4.79 Å². The molecule has 3 heterocycles. The first kappa shape index (κ1) is 12.9. The van der Waals surface area contributed by atoms with Crippen LogP contribution in [0.1, 0.15) is 19.3 Å². The summed E-state index contributed by atoms with van der Waals surface area (Å²) in [5, 5.41) is 2.84. The molecule has 3 N–H and O–H groups in total. The number of amides is 1. The normalized spacial score (nSPS) is 19.9. The molecule has 8 heteroatoms. The second-order valence-electron chi connectivity index (χ2n) is 5.07. The van der Waals surface area contributed by atoms with E-state index in [0.717, 1.165) is 25.9 Å². The Morgan fingerprint density at radius 1 is 0.950 bits per heavy atom. The fourth-order valence-electron chi connectivity index (χ4n) is 2.54.